The molecule has 0 atom stereocenters. The second-order valence-electron chi connectivity index (χ2n) is 7.36. The first-order valence-electron chi connectivity index (χ1n) is 9.40. The van der Waals surface area contributed by atoms with E-state index in [4.69, 9.17) is 4.42 Å². The fourth-order valence-corrected chi connectivity index (χ4v) is 5.44. The minimum atomic E-state index is -3.62. The van der Waals surface area contributed by atoms with Crippen LogP contribution in [0.5, 0.6) is 0 Å². The molecule has 3 aromatic rings. The van der Waals surface area contributed by atoms with Gasteiger partial charge in [0.15, 0.2) is 0 Å². The lowest BCUT2D eigenvalue weighted by Gasteiger charge is -2.13. The third-order valence-electron chi connectivity index (χ3n) is 4.52. The van der Waals surface area contributed by atoms with Crippen molar-refractivity contribution in [1.29, 1.82) is 0 Å². The van der Waals surface area contributed by atoms with Crippen molar-refractivity contribution in [2.45, 2.75) is 31.7 Å². The molecule has 1 aliphatic rings. The van der Waals surface area contributed by atoms with Gasteiger partial charge < -0.3 is 4.42 Å². The molecule has 160 valence electrons. The van der Waals surface area contributed by atoms with E-state index >= 15 is 0 Å². The average Bonchev–Trinajstić information content (AvgIpc) is 3.22. The van der Waals surface area contributed by atoms with Crippen LogP contribution in [0, 0.1) is 6.92 Å². The molecule has 2 N–H and O–H groups in total. The Morgan fingerprint density at radius 3 is 2.61 bits per heavy atom. The monoisotopic (exact) mass is 457 g/mol. The van der Waals surface area contributed by atoms with Crippen LogP contribution in [0.1, 0.15) is 25.2 Å². The van der Waals surface area contributed by atoms with Crippen molar-refractivity contribution >= 4 is 50.0 Å². The summed E-state index contributed by atoms with van der Waals surface area (Å²) < 4.78 is 33.6. The summed E-state index contributed by atoms with van der Waals surface area (Å²) in [6, 6.07) is 6.55. The number of fused-ring (bicyclic) bond motifs is 1. The number of carbonyl (C=O) groups is 2. The van der Waals surface area contributed by atoms with Crippen molar-refractivity contribution in [3.8, 4) is 11.1 Å². The summed E-state index contributed by atoms with van der Waals surface area (Å²) in [6.45, 7) is 5.26. The molecule has 3 heterocycles. The van der Waals surface area contributed by atoms with Crippen LogP contribution >= 0.6 is 11.8 Å². The van der Waals surface area contributed by atoms with Crippen LogP contribution in [0.25, 0.3) is 28.2 Å². The highest BCUT2D eigenvalue weighted by atomic mass is 32.2. The summed E-state index contributed by atoms with van der Waals surface area (Å²) in [5.74, 6) is -0.0510. The summed E-state index contributed by atoms with van der Waals surface area (Å²) in [5, 5.41) is 2.50. The highest BCUT2D eigenvalue weighted by Crippen LogP contribution is 2.34. The third-order valence-corrected chi connectivity index (χ3v) is 7.15. The van der Waals surface area contributed by atoms with Gasteiger partial charge in [-0.05, 0) is 61.9 Å². The van der Waals surface area contributed by atoms with Gasteiger partial charge >= 0.3 is 0 Å². The number of imide groups is 1. The number of aryl methyl sites for hydroxylation is 1. The van der Waals surface area contributed by atoms with Crippen molar-refractivity contribution in [1.82, 2.24) is 15.0 Å². The first kappa shape index (κ1) is 21.3. The molecule has 2 aromatic heterocycles. The zero-order valence-corrected chi connectivity index (χ0v) is 18.6. The number of hydrogen-bond donors (Lipinski definition) is 2. The van der Waals surface area contributed by atoms with Gasteiger partial charge in [0, 0.05) is 35.5 Å². The van der Waals surface area contributed by atoms with Gasteiger partial charge in [-0.25, -0.2) is 13.1 Å². The van der Waals surface area contributed by atoms with Crippen LogP contribution in [0.15, 0.2) is 50.9 Å². The Morgan fingerprint density at radius 2 is 1.97 bits per heavy atom. The minimum Gasteiger partial charge on any atom is -0.456 e. The van der Waals surface area contributed by atoms with Crippen LogP contribution in [-0.4, -0.2) is 30.6 Å². The fraction of sp³-hybridized carbons (Fsp3) is 0.190. The maximum absolute atomic E-state index is 12.5. The highest BCUT2D eigenvalue weighted by Gasteiger charge is 2.26. The number of pyridine rings is 1. The van der Waals surface area contributed by atoms with E-state index in [9.17, 15) is 18.0 Å². The van der Waals surface area contributed by atoms with Crippen molar-refractivity contribution in [3.05, 3.63) is 52.9 Å². The van der Waals surface area contributed by atoms with E-state index in [1.165, 1.54) is 6.08 Å². The smallest absolute Gasteiger partial charge is 0.290 e. The van der Waals surface area contributed by atoms with Crippen molar-refractivity contribution in [3.63, 3.8) is 0 Å². The van der Waals surface area contributed by atoms with Gasteiger partial charge in [-0.2, -0.15) is 0 Å². The van der Waals surface area contributed by atoms with Gasteiger partial charge in [-0.3, -0.25) is 19.9 Å². The molecule has 4 rings (SSSR count). The summed E-state index contributed by atoms with van der Waals surface area (Å²) in [7, 11) is -3.62. The van der Waals surface area contributed by atoms with E-state index in [2.05, 4.69) is 15.0 Å². The molecular weight excluding hydrogens is 438 g/mol. The zero-order chi connectivity index (χ0) is 22.3. The van der Waals surface area contributed by atoms with Crippen molar-refractivity contribution in [2.75, 3.05) is 0 Å². The second kappa shape index (κ2) is 7.95. The molecule has 0 spiro atoms. The van der Waals surface area contributed by atoms with Gasteiger partial charge in [0.25, 0.3) is 11.1 Å². The van der Waals surface area contributed by atoms with Crippen molar-refractivity contribution in [2.24, 2.45) is 0 Å². The molecule has 1 aliphatic heterocycles. The largest absolute Gasteiger partial charge is 0.456 e. The molecular formula is C21H19N3O5S2. The zero-order valence-electron chi connectivity index (χ0n) is 16.9. The van der Waals surface area contributed by atoms with E-state index in [1.54, 1.807) is 57.4 Å². The van der Waals surface area contributed by atoms with Crippen LogP contribution in [-0.2, 0) is 14.8 Å². The molecule has 1 aromatic carbocycles. The number of sulfonamides is 1. The van der Waals surface area contributed by atoms with E-state index in [0.717, 1.165) is 22.7 Å². The Labute approximate surface area is 183 Å². The second-order valence-corrected chi connectivity index (χ2v) is 10.1. The van der Waals surface area contributed by atoms with Crippen molar-refractivity contribution < 1.29 is 22.4 Å². The number of carbonyl (C=O) groups excluding carboxylic acids is 2. The summed E-state index contributed by atoms with van der Waals surface area (Å²) >= 11 is 0.812. The number of rotatable bonds is 5. The molecule has 1 fully saturated rings. The normalized spacial score (nSPS) is 15.9. The Morgan fingerprint density at radius 1 is 1.19 bits per heavy atom. The predicted octanol–water partition coefficient (Wildman–Crippen LogP) is 3.81. The minimum absolute atomic E-state index is 0.212. The molecule has 10 heteroatoms. The molecule has 0 aliphatic carbocycles. The van der Waals surface area contributed by atoms with Gasteiger partial charge in [0.2, 0.25) is 10.0 Å². The highest BCUT2D eigenvalue weighted by molar-refractivity contribution is 8.18. The molecule has 2 amide bonds. The van der Waals surface area contributed by atoms with Gasteiger partial charge in [-0.1, -0.05) is 6.07 Å². The van der Waals surface area contributed by atoms with E-state index in [-0.39, 0.29) is 15.8 Å². The number of aromatic nitrogens is 1. The number of nitrogens with zero attached hydrogens (tertiary/aromatic N) is 1. The first-order chi connectivity index (χ1) is 14.6. The van der Waals surface area contributed by atoms with Crippen LogP contribution in [0.4, 0.5) is 4.79 Å². The van der Waals surface area contributed by atoms with E-state index < -0.39 is 21.2 Å². The Hall–Kier alpha value is -2.95. The Balaban J connectivity index is 1.74. The number of benzene rings is 1. The fourth-order valence-electron chi connectivity index (χ4n) is 3.30. The van der Waals surface area contributed by atoms with Crippen LogP contribution in [0.3, 0.4) is 0 Å². The van der Waals surface area contributed by atoms with E-state index in [1.807, 2.05) is 0 Å². The molecule has 0 radical (unpaired) electrons. The average molecular weight is 458 g/mol. The standard InChI is InChI=1S/C21H19N3O5S2/c1-11(2)24-31(27,28)18-5-4-13(6-12(18)3)16-10-22-9-14-7-15(29-19(14)16)8-17-20(25)23-21(26)30-17/h4-11,24H,1-3H3,(H,23,25,26). The summed E-state index contributed by atoms with van der Waals surface area (Å²) in [6.07, 6.45) is 4.78. The summed E-state index contributed by atoms with van der Waals surface area (Å²) in [5.41, 5.74) is 2.57. The number of amides is 2. The number of nitrogens with one attached hydrogen (secondary N) is 2. The topological polar surface area (TPSA) is 118 Å². The lowest BCUT2D eigenvalue weighted by Crippen LogP contribution is -2.30. The summed E-state index contributed by atoms with van der Waals surface area (Å²) in [4.78, 5) is 27.9. The number of thioether (sulfide) groups is 1. The maximum atomic E-state index is 12.5. The predicted molar refractivity (Wildman–Crippen MR) is 119 cm³/mol. The molecule has 8 nitrogen and oxygen atoms in total. The molecule has 31 heavy (non-hydrogen) atoms. The molecule has 0 bridgehead atoms. The lowest BCUT2D eigenvalue weighted by atomic mass is 10.0. The first-order valence-corrected chi connectivity index (χ1v) is 11.7. The van der Waals surface area contributed by atoms with Gasteiger partial charge in [0.05, 0.1) is 9.80 Å². The maximum Gasteiger partial charge on any atom is 0.290 e. The van der Waals surface area contributed by atoms with E-state index in [0.29, 0.717) is 22.5 Å². The van der Waals surface area contributed by atoms with Crippen LogP contribution < -0.4 is 10.0 Å². The van der Waals surface area contributed by atoms with Gasteiger partial charge in [0.1, 0.15) is 11.3 Å². The number of furan rings is 1. The lowest BCUT2D eigenvalue weighted by molar-refractivity contribution is -0.115. The van der Waals surface area contributed by atoms with Gasteiger partial charge in [-0.15, -0.1) is 0 Å². The SMILES string of the molecule is Cc1cc(-c2cncc3cc(C=C4SC(=O)NC4=O)oc23)ccc1S(=O)(=O)NC(C)C. The molecule has 1 saturated heterocycles. The molecule has 0 unspecified atom stereocenters. The molecule has 0 saturated carbocycles. The Kier molecular flexibility index (Phi) is 5.46. The van der Waals surface area contributed by atoms with Crippen LogP contribution in [0.2, 0.25) is 0 Å². The third kappa shape index (κ3) is 4.27. The Bertz CT molecular complexity index is 1360. The number of hydrogen-bond acceptors (Lipinski definition) is 7. The quantitative estimate of drug-likeness (QED) is 0.559.